The Morgan fingerprint density at radius 1 is 1.09 bits per heavy atom. The molecule has 1 aliphatic rings. The molecule has 1 atom stereocenters. The van der Waals surface area contributed by atoms with Crippen LogP contribution in [0.2, 0.25) is 0 Å². The molecule has 2 aromatic rings. The third-order valence-electron chi connectivity index (χ3n) is 4.92. The second kappa shape index (κ2) is 9.34. The summed E-state index contributed by atoms with van der Waals surface area (Å²) in [6.45, 7) is 8.85. The van der Waals surface area contributed by atoms with E-state index in [0.717, 1.165) is 5.56 Å². The largest absolute Gasteiger partial charge is 0.459 e. The molecule has 0 spiro atoms. The molecule has 1 unspecified atom stereocenters. The van der Waals surface area contributed by atoms with Gasteiger partial charge in [-0.15, -0.1) is 0 Å². The van der Waals surface area contributed by atoms with Crippen LogP contribution in [0.1, 0.15) is 50.5 Å². The van der Waals surface area contributed by atoms with E-state index >= 15 is 0 Å². The van der Waals surface area contributed by atoms with Crippen molar-refractivity contribution in [3.05, 3.63) is 72.2 Å². The fraction of sp³-hybridized carbons (Fsp3) is 0.360. The first-order chi connectivity index (χ1) is 15.1. The highest BCUT2D eigenvalue weighted by atomic mass is 16.6. The van der Waals surface area contributed by atoms with Crippen LogP contribution >= 0.6 is 0 Å². The van der Waals surface area contributed by atoms with Crippen molar-refractivity contribution in [1.82, 2.24) is 14.8 Å². The van der Waals surface area contributed by atoms with E-state index in [1.54, 1.807) is 45.3 Å². The van der Waals surface area contributed by atoms with Gasteiger partial charge in [-0.2, -0.15) is 0 Å². The molecule has 0 saturated carbocycles. The maximum Gasteiger partial charge on any atom is 0.326 e. The number of rotatable bonds is 5. The minimum absolute atomic E-state index is 0.183. The lowest BCUT2D eigenvalue weighted by Crippen LogP contribution is -2.55. The zero-order valence-electron chi connectivity index (χ0n) is 19.1. The highest BCUT2D eigenvalue weighted by Gasteiger charge is 2.41. The first-order valence-corrected chi connectivity index (χ1v) is 10.6. The van der Waals surface area contributed by atoms with Crippen LogP contribution in [0.25, 0.3) is 5.70 Å². The molecule has 32 heavy (non-hydrogen) atoms. The van der Waals surface area contributed by atoms with Crippen molar-refractivity contribution >= 4 is 23.5 Å². The van der Waals surface area contributed by atoms with E-state index in [4.69, 9.17) is 4.74 Å². The van der Waals surface area contributed by atoms with Gasteiger partial charge in [-0.05, 0) is 44.4 Å². The summed E-state index contributed by atoms with van der Waals surface area (Å²) < 4.78 is 5.46. The number of amides is 2. The van der Waals surface area contributed by atoms with Crippen molar-refractivity contribution < 1.29 is 19.1 Å². The molecule has 1 aliphatic heterocycles. The van der Waals surface area contributed by atoms with Gasteiger partial charge in [0.1, 0.15) is 18.2 Å². The van der Waals surface area contributed by atoms with Gasteiger partial charge in [0, 0.05) is 18.6 Å². The minimum atomic E-state index is -0.766. The summed E-state index contributed by atoms with van der Waals surface area (Å²) in [6.07, 6.45) is 4.72. The number of aromatic nitrogens is 1. The summed E-state index contributed by atoms with van der Waals surface area (Å²) >= 11 is 0. The van der Waals surface area contributed by atoms with Gasteiger partial charge in [-0.1, -0.05) is 44.2 Å². The van der Waals surface area contributed by atoms with Crippen LogP contribution in [0.5, 0.6) is 0 Å². The summed E-state index contributed by atoms with van der Waals surface area (Å²) in [5.41, 5.74) is 0.896. The summed E-state index contributed by atoms with van der Waals surface area (Å²) in [5, 5.41) is 0. The number of benzene rings is 1. The second-order valence-corrected chi connectivity index (χ2v) is 9.03. The number of nitrogens with zero attached hydrogens (tertiary/aromatic N) is 3. The lowest BCUT2D eigenvalue weighted by atomic mass is 9.96. The number of ether oxygens (including phenoxy) is 1. The molecular weight excluding hydrogens is 406 g/mol. The molecule has 0 bridgehead atoms. The molecular formula is C25H29N3O4. The minimum Gasteiger partial charge on any atom is -0.459 e. The lowest BCUT2D eigenvalue weighted by Gasteiger charge is -2.41. The number of esters is 1. The Morgan fingerprint density at radius 3 is 2.34 bits per heavy atom. The molecule has 0 fully saturated rings. The molecule has 0 saturated heterocycles. The van der Waals surface area contributed by atoms with Crippen LogP contribution in [0.15, 0.2) is 61.1 Å². The van der Waals surface area contributed by atoms with E-state index < -0.39 is 17.6 Å². The van der Waals surface area contributed by atoms with Crippen molar-refractivity contribution in [2.45, 2.75) is 46.3 Å². The third kappa shape index (κ3) is 5.22. The first kappa shape index (κ1) is 23.2. The smallest absolute Gasteiger partial charge is 0.326 e. The fourth-order valence-electron chi connectivity index (χ4n) is 3.61. The molecule has 7 nitrogen and oxygen atoms in total. The Bertz CT molecular complexity index is 1010. The van der Waals surface area contributed by atoms with Gasteiger partial charge in [0.05, 0.1) is 11.3 Å². The zero-order valence-corrected chi connectivity index (χ0v) is 19.1. The van der Waals surface area contributed by atoms with Gasteiger partial charge < -0.3 is 9.64 Å². The van der Waals surface area contributed by atoms with Gasteiger partial charge in [0.15, 0.2) is 0 Å². The average molecular weight is 436 g/mol. The molecule has 2 amide bonds. The molecule has 2 heterocycles. The average Bonchev–Trinajstić information content (AvgIpc) is 2.74. The maximum atomic E-state index is 13.7. The van der Waals surface area contributed by atoms with Crippen LogP contribution in [0.4, 0.5) is 0 Å². The van der Waals surface area contributed by atoms with E-state index in [0.29, 0.717) is 11.3 Å². The third-order valence-corrected chi connectivity index (χ3v) is 4.92. The van der Waals surface area contributed by atoms with Gasteiger partial charge in [0.25, 0.3) is 11.8 Å². The Labute approximate surface area is 188 Å². The second-order valence-electron chi connectivity index (χ2n) is 9.03. The summed E-state index contributed by atoms with van der Waals surface area (Å²) in [4.78, 5) is 46.5. The number of carbonyl (C=O) groups excluding carboxylic acids is 3. The highest BCUT2D eigenvalue weighted by Crippen LogP contribution is 2.31. The zero-order chi connectivity index (χ0) is 23.5. The van der Waals surface area contributed by atoms with E-state index in [-0.39, 0.29) is 24.3 Å². The van der Waals surface area contributed by atoms with E-state index in [9.17, 15) is 14.4 Å². The number of hydrogen-bond donors (Lipinski definition) is 0. The molecule has 1 aromatic heterocycles. The van der Waals surface area contributed by atoms with Gasteiger partial charge in [-0.25, -0.2) is 0 Å². The van der Waals surface area contributed by atoms with Crippen LogP contribution < -0.4 is 0 Å². The van der Waals surface area contributed by atoms with E-state index in [1.165, 1.54) is 16.0 Å². The Morgan fingerprint density at radius 2 is 1.78 bits per heavy atom. The SMILES string of the molecule is CC(C)C1C(=O)N(CC(=O)OC(C)(C)C)C(c2ccccc2)=CN1C(=O)c1cccnc1. The molecule has 168 valence electrons. The van der Waals surface area contributed by atoms with E-state index in [2.05, 4.69) is 4.98 Å². The van der Waals surface area contributed by atoms with Crippen LogP contribution in [-0.4, -0.2) is 50.8 Å². The topological polar surface area (TPSA) is 79.8 Å². The Hall–Kier alpha value is -3.48. The molecule has 1 aromatic carbocycles. The van der Waals surface area contributed by atoms with E-state index in [1.807, 2.05) is 44.2 Å². The van der Waals surface area contributed by atoms with Crippen LogP contribution in [0, 0.1) is 5.92 Å². The molecule has 0 radical (unpaired) electrons. The van der Waals surface area contributed by atoms with Crippen molar-refractivity contribution in [3.63, 3.8) is 0 Å². The Balaban J connectivity index is 2.08. The van der Waals surface area contributed by atoms with Crippen LogP contribution in [-0.2, 0) is 14.3 Å². The van der Waals surface area contributed by atoms with Crippen molar-refractivity contribution in [3.8, 4) is 0 Å². The molecule has 7 heteroatoms. The number of pyridine rings is 1. The number of carbonyl (C=O) groups is 3. The standard InChI is InChI=1S/C25H29N3O4/c1-17(2)22-24(31)27(16-21(29)32-25(3,4)5)20(18-10-7-6-8-11-18)15-28(22)23(30)19-12-9-13-26-14-19/h6-15,17,22H,16H2,1-5H3. The monoisotopic (exact) mass is 435 g/mol. The Kier molecular flexibility index (Phi) is 6.77. The quantitative estimate of drug-likeness (QED) is 0.669. The summed E-state index contributed by atoms with van der Waals surface area (Å²) in [5.74, 6) is -1.35. The predicted molar refractivity (Wildman–Crippen MR) is 121 cm³/mol. The van der Waals surface area contributed by atoms with Crippen molar-refractivity contribution in [2.75, 3.05) is 6.54 Å². The first-order valence-electron chi connectivity index (χ1n) is 10.6. The lowest BCUT2D eigenvalue weighted by molar-refractivity contribution is -0.158. The number of hydrogen-bond acceptors (Lipinski definition) is 5. The maximum absolute atomic E-state index is 13.7. The van der Waals surface area contributed by atoms with Crippen LogP contribution in [0.3, 0.4) is 0 Å². The normalized spacial score (nSPS) is 16.8. The summed E-state index contributed by atoms with van der Waals surface area (Å²) in [7, 11) is 0. The van der Waals surface area contributed by atoms with Gasteiger partial charge in [-0.3, -0.25) is 24.3 Å². The fourth-order valence-corrected chi connectivity index (χ4v) is 3.61. The summed E-state index contributed by atoms with van der Waals surface area (Å²) in [6, 6.07) is 11.8. The highest BCUT2D eigenvalue weighted by molar-refractivity contribution is 6.03. The van der Waals surface area contributed by atoms with Crippen molar-refractivity contribution in [1.29, 1.82) is 0 Å². The van der Waals surface area contributed by atoms with Gasteiger partial charge in [0.2, 0.25) is 0 Å². The molecule has 3 rings (SSSR count). The molecule has 0 N–H and O–H groups in total. The predicted octanol–water partition coefficient (Wildman–Crippen LogP) is 3.73. The molecule has 0 aliphatic carbocycles. The van der Waals surface area contributed by atoms with Gasteiger partial charge >= 0.3 is 5.97 Å². The van der Waals surface area contributed by atoms with Crippen molar-refractivity contribution in [2.24, 2.45) is 5.92 Å².